The maximum atomic E-state index is 13.1. The molecule has 1 saturated heterocycles. The number of hydrogen-bond acceptors (Lipinski definition) is 5. The van der Waals surface area contributed by atoms with E-state index in [0.29, 0.717) is 32.0 Å². The second kappa shape index (κ2) is 7.75. The average molecular weight is 380 g/mol. The van der Waals surface area contributed by atoms with E-state index in [4.69, 9.17) is 0 Å². The third kappa shape index (κ3) is 3.85. The van der Waals surface area contributed by atoms with Gasteiger partial charge < -0.3 is 9.80 Å². The van der Waals surface area contributed by atoms with Crippen LogP contribution in [-0.2, 0) is 11.3 Å². The summed E-state index contributed by atoms with van der Waals surface area (Å²) in [4.78, 5) is 17.9. The molecule has 2 aromatic carbocycles. The molecule has 8 heteroatoms. The van der Waals surface area contributed by atoms with Gasteiger partial charge in [0.1, 0.15) is 12.4 Å². The Hall–Kier alpha value is -3.29. The molecule has 0 atom stereocenters. The zero-order chi connectivity index (χ0) is 19.5. The molecule has 3 aromatic rings. The lowest BCUT2D eigenvalue weighted by atomic mass is 10.1. The summed E-state index contributed by atoms with van der Waals surface area (Å²) >= 11 is 0. The van der Waals surface area contributed by atoms with Gasteiger partial charge in [-0.2, -0.15) is 4.80 Å². The lowest BCUT2D eigenvalue weighted by Gasteiger charge is -2.36. The lowest BCUT2D eigenvalue weighted by Crippen LogP contribution is -2.49. The highest BCUT2D eigenvalue weighted by atomic mass is 19.1. The summed E-state index contributed by atoms with van der Waals surface area (Å²) in [5, 5.41) is 12.4. The summed E-state index contributed by atoms with van der Waals surface area (Å²) in [5.74, 6) is 0.238. The molecule has 0 aliphatic carbocycles. The molecule has 1 aliphatic rings. The zero-order valence-corrected chi connectivity index (χ0v) is 15.6. The molecule has 0 bridgehead atoms. The van der Waals surface area contributed by atoms with Crippen LogP contribution in [0.5, 0.6) is 0 Å². The number of carbonyl (C=O) groups is 1. The predicted octanol–water partition coefficient (Wildman–Crippen LogP) is 2.14. The normalized spacial score (nSPS) is 14.4. The summed E-state index contributed by atoms with van der Waals surface area (Å²) in [5.41, 5.74) is 2.94. The van der Waals surface area contributed by atoms with Gasteiger partial charge in [-0.15, -0.1) is 10.2 Å². The summed E-state index contributed by atoms with van der Waals surface area (Å²) < 4.78 is 13.1. The number of rotatable bonds is 4. The van der Waals surface area contributed by atoms with Crippen LogP contribution in [-0.4, -0.2) is 57.2 Å². The number of nitrogens with zero attached hydrogens (tertiary/aromatic N) is 6. The van der Waals surface area contributed by atoms with Crippen LogP contribution < -0.4 is 4.90 Å². The molecule has 7 nitrogen and oxygen atoms in total. The SMILES string of the molecule is Cc1ccccc1-c1nnn(CC(=O)N2CCN(c3ccc(F)cc3)CC2)n1. The van der Waals surface area contributed by atoms with Gasteiger partial charge in [-0.1, -0.05) is 24.3 Å². The third-order valence-electron chi connectivity index (χ3n) is 4.94. The maximum absolute atomic E-state index is 13.1. The smallest absolute Gasteiger partial charge is 0.246 e. The van der Waals surface area contributed by atoms with Crippen molar-refractivity contribution in [2.45, 2.75) is 13.5 Å². The topological polar surface area (TPSA) is 67.2 Å². The molecule has 0 N–H and O–H groups in total. The van der Waals surface area contributed by atoms with E-state index in [1.165, 1.54) is 16.9 Å². The van der Waals surface area contributed by atoms with E-state index >= 15 is 0 Å². The van der Waals surface area contributed by atoms with Gasteiger partial charge in [-0.05, 0) is 42.0 Å². The Morgan fingerprint density at radius 2 is 1.75 bits per heavy atom. The van der Waals surface area contributed by atoms with Crippen LogP contribution in [0.3, 0.4) is 0 Å². The number of anilines is 1. The Labute approximate surface area is 162 Å². The van der Waals surface area contributed by atoms with Crippen molar-refractivity contribution in [1.82, 2.24) is 25.1 Å². The second-order valence-corrected chi connectivity index (χ2v) is 6.80. The van der Waals surface area contributed by atoms with E-state index in [1.54, 1.807) is 17.0 Å². The first-order chi connectivity index (χ1) is 13.6. The fourth-order valence-corrected chi connectivity index (χ4v) is 3.33. The second-order valence-electron chi connectivity index (χ2n) is 6.80. The minimum atomic E-state index is -0.247. The summed E-state index contributed by atoms with van der Waals surface area (Å²) in [6.45, 7) is 4.68. The number of amides is 1. The van der Waals surface area contributed by atoms with Crippen LogP contribution in [0.1, 0.15) is 5.56 Å². The first kappa shape index (κ1) is 18.1. The Morgan fingerprint density at radius 1 is 1.04 bits per heavy atom. The molecule has 1 aromatic heterocycles. The molecular formula is C20H21FN6O. The van der Waals surface area contributed by atoms with Crippen molar-refractivity contribution < 1.29 is 9.18 Å². The molecule has 0 saturated carbocycles. The highest BCUT2D eigenvalue weighted by Gasteiger charge is 2.22. The quantitative estimate of drug-likeness (QED) is 0.694. The molecule has 2 heterocycles. The van der Waals surface area contributed by atoms with Crippen molar-refractivity contribution in [1.29, 1.82) is 0 Å². The third-order valence-corrected chi connectivity index (χ3v) is 4.94. The first-order valence-corrected chi connectivity index (χ1v) is 9.22. The Balaban J connectivity index is 1.35. The van der Waals surface area contributed by atoms with Crippen LogP contribution in [0.15, 0.2) is 48.5 Å². The van der Waals surface area contributed by atoms with Gasteiger partial charge in [0, 0.05) is 37.4 Å². The van der Waals surface area contributed by atoms with Gasteiger partial charge in [0.05, 0.1) is 0 Å². The van der Waals surface area contributed by atoms with Crippen molar-refractivity contribution in [3.63, 3.8) is 0 Å². The van der Waals surface area contributed by atoms with Gasteiger partial charge in [-0.3, -0.25) is 4.79 Å². The molecule has 28 heavy (non-hydrogen) atoms. The van der Waals surface area contributed by atoms with E-state index in [-0.39, 0.29) is 18.3 Å². The Kier molecular flexibility index (Phi) is 5.01. The number of hydrogen-bond donors (Lipinski definition) is 0. The summed E-state index contributed by atoms with van der Waals surface area (Å²) in [6.07, 6.45) is 0. The fraction of sp³-hybridized carbons (Fsp3) is 0.300. The molecule has 1 aliphatic heterocycles. The largest absolute Gasteiger partial charge is 0.368 e. The zero-order valence-electron chi connectivity index (χ0n) is 15.6. The number of piperazine rings is 1. The van der Waals surface area contributed by atoms with Crippen LogP contribution in [0, 0.1) is 12.7 Å². The predicted molar refractivity (Wildman–Crippen MR) is 103 cm³/mol. The molecular weight excluding hydrogens is 359 g/mol. The van der Waals surface area contributed by atoms with Gasteiger partial charge in [0.2, 0.25) is 11.7 Å². The molecule has 1 fully saturated rings. The maximum Gasteiger partial charge on any atom is 0.246 e. The van der Waals surface area contributed by atoms with Gasteiger partial charge in [-0.25, -0.2) is 4.39 Å². The number of aromatic nitrogens is 4. The van der Waals surface area contributed by atoms with Gasteiger partial charge >= 0.3 is 0 Å². The number of halogens is 1. The van der Waals surface area contributed by atoms with Crippen LogP contribution in [0.25, 0.3) is 11.4 Å². The highest BCUT2D eigenvalue weighted by Crippen LogP contribution is 2.19. The molecule has 144 valence electrons. The molecule has 0 radical (unpaired) electrons. The number of carbonyl (C=O) groups excluding carboxylic acids is 1. The van der Waals surface area contributed by atoms with E-state index in [0.717, 1.165) is 16.8 Å². The molecule has 1 amide bonds. The van der Waals surface area contributed by atoms with Crippen molar-refractivity contribution >= 4 is 11.6 Å². The standard InChI is InChI=1S/C20H21FN6O/c1-15-4-2-3-5-18(15)20-22-24-27(23-20)14-19(28)26-12-10-25(11-13-26)17-8-6-16(21)7-9-17/h2-9H,10-14H2,1H3. The van der Waals surface area contributed by atoms with Crippen molar-refractivity contribution in [3.05, 3.63) is 59.9 Å². The van der Waals surface area contributed by atoms with Crippen LogP contribution in [0.4, 0.5) is 10.1 Å². The molecule has 4 rings (SSSR count). The van der Waals surface area contributed by atoms with E-state index in [9.17, 15) is 9.18 Å². The number of aryl methyl sites for hydroxylation is 1. The summed E-state index contributed by atoms with van der Waals surface area (Å²) in [7, 11) is 0. The van der Waals surface area contributed by atoms with E-state index in [2.05, 4.69) is 20.3 Å². The van der Waals surface area contributed by atoms with Crippen molar-refractivity contribution in [2.24, 2.45) is 0 Å². The summed E-state index contributed by atoms with van der Waals surface area (Å²) in [6, 6.07) is 14.2. The first-order valence-electron chi connectivity index (χ1n) is 9.22. The van der Waals surface area contributed by atoms with E-state index < -0.39 is 0 Å². The van der Waals surface area contributed by atoms with Gasteiger partial charge in [0.15, 0.2) is 0 Å². The minimum absolute atomic E-state index is 0.0347. The van der Waals surface area contributed by atoms with Crippen molar-refractivity contribution in [2.75, 3.05) is 31.1 Å². The molecule has 0 unspecified atom stereocenters. The molecule has 0 spiro atoms. The van der Waals surface area contributed by atoms with Gasteiger partial charge in [0.25, 0.3) is 0 Å². The van der Waals surface area contributed by atoms with E-state index in [1.807, 2.05) is 31.2 Å². The monoisotopic (exact) mass is 380 g/mol. The highest BCUT2D eigenvalue weighted by molar-refractivity contribution is 5.76. The van der Waals surface area contributed by atoms with Crippen LogP contribution >= 0.6 is 0 Å². The number of tetrazole rings is 1. The fourth-order valence-electron chi connectivity index (χ4n) is 3.33. The van der Waals surface area contributed by atoms with Crippen LogP contribution in [0.2, 0.25) is 0 Å². The lowest BCUT2D eigenvalue weighted by molar-refractivity contribution is -0.132. The Bertz CT molecular complexity index is 963. The number of benzene rings is 2. The average Bonchev–Trinajstić information content (AvgIpc) is 3.17. The Morgan fingerprint density at radius 3 is 2.46 bits per heavy atom. The van der Waals surface area contributed by atoms with Crippen molar-refractivity contribution in [3.8, 4) is 11.4 Å². The minimum Gasteiger partial charge on any atom is -0.368 e.